The Morgan fingerprint density at radius 2 is 2.03 bits per heavy atom. The number of aryl methyl sites for hydroxylation is 1. The van der Waals surface area contributed by atoms with Crippen LogP contribution in [-0.4, -0.2) is 30.3 Å². The molecule has 0 radical (unpaired) electrons. The summed E-state index contributed by atoms with van der Waals surface area (Å²) >= 11 is 7.37. The zero-order valence-corrected chi connectivity index (χ0v) is 18.8. The molecular formula is C22H17ClFN3O4S. The minimum atomic E-state index is -0.610. The average Bonchev–Trinajstić information content (AvgIpc) is 3.39. The highest BCUT2D eigenvalue weighted by molar-refractivity contribution is 7.14. The number of halogens is 2. The highest BCUT2D eigenvalue weighted by atomic mass is 35.5. The molecule has 0 saturated carbocycles. The van der Waals surface area contributed by atoms with E-state index in [1.54, 1.807) is 44.7 Å². The quantitative estimate of drug-likeness (QED) is 0.379. The van der Waals surface area contributed by atoms with E-state index >= 15 is 0 Å². The van der Waals surface area contributed by atoms with Crippen molar-refractivity contribution in [2.45, 2.75) is 6.92 Å². The van der Waals surface area contributed by atoms with Crippen LogP contribution in [0.5, 0.6) is 11.5 Å². The van der Waals surface area contributed by atoms with Crippen molar-refractivity contribution in [2.24, 2.45) is 0 Å². The first kappa shape index (κ1) is 21.8. The minimum Gasteiger partial charge on any atom is -0.497 e. The zero-order chi connectivity index (χ0) is 22.8. The topological polar surface area (TPSA) is 86.5 Å². The van der Waals surface area contributed by atoms with Crippen LogP contribution >= 0.6 is 22.9 Å². The maximum atomic E-state index is 14.4. The van der Waals surface area contributed by atoms with Crippen molar-refractivity contribution in [2.75, 3.05) is 19.5 Å². The van der Waals surface area contributed by atoms with E-state index in [1.165, 1.54) is 29.5 Å². The Labute approximate surface area is 191 Å². The van der Waals surface area contributed by atoms with Gasteiger partial charge in [0, 0.05) is 10.9 Å². The van der Waals surface area contributed by atoms with Crippen LogP contribution in [0, 0.1) is 12.7 Å². The van der Waals surface area contributed by atoms with Gasteiger partial charge in [-0.2, -0.15) is 0 Å². The minimum absolute atomic E-state index is 0.00267. The molecule has 4 aromatic rings. The number of rotatable bonds is 6. The number of hydrogen-bond donors (Lipinski definition) is 1. The molecule has 0 unspecified atom stereocenters. The van der Waals surface area contributed by atoms with Crippen LogP contribution in [0.1, 0.15) is 16.1 Å². The van der Waals surface area contributed by atoms with Gasteiger partial charge in [0.1, 0.15) is 34.3 Å². The van der Waals surface area contributed by atoms with Crippen molar-refractivity contribution in [1.29, 1.82) is 0 Å². The Balaban J connectivity index is 1.65. The van der Waals surface area contributed by atoms with Crippen molar-refractivity contribution in [3.8, 4) is 34.0 Å². The fourth-order valence-electron chi connectivity index (χ4n) is 3.16. The van der Waals surface area contributed by atoms with Gasteiger partial charge in [-0.05, 0) is 37.3 Å². The van der Waals surface area contributed by atoms with E-state index in [0.29, 0.717) is 27.9 Å². The molecule has 0 aliphatic heterocycles. The fraction of sp³-hybridized carbons (Fsp3) is 0.136. The second-order valence-corrected chi connectivity index (χ2v) is 7.88. The molecule has 0 atom stereocenters. The first-order chi connectivity index (χ1) is 15.4. The number of anilines is 1. The monoisotopic (exact) mass is 473 g/mol. The fourth-order valence-corrected chi connectivity index (χ4v) is 4.12. The van der Waals surface area contributed by atoms with Gasteiger partial charge in [-0.3, -0.25) is 10.1 Å². The maximum Gasteiger partial charge on any atom is 0.263 e. The van der Waals surface area contributed by atoms with Gasteiger partial charge in [0.2, 0.25) is 0 Å². The van der Waals surface area contributed by atoms with Crippen LogP contribution < -0.4 is 14.8 Å². The van der Waals surface area contributed by atoms with Crippen molar-refractivity contribution < 1.29 is 23.2 Å². The van der Waals surface area contributed by atoms with Crippen molar-refractivity contribution >= 4 is 34.0 Å². The predicted molar refractivity (Wildman–Crippen MR) is 120 cm³/mol. The van der Waals surface area contributed by atoms with Gasteiger partial charge in [-0.25, -0.2) is 9.37 Å². The van der Waals surface area contributed by atoms with Crippen LogP contribution in [0.3, 0.4) is 0 Å². The summed E-state index contributed by atoms with van der Waals surface area (Å²) in [5.74, 6) is 0.326. The second kappa shape index (κ2) is 8.97. The standard InChI is InChI=1S/C22H17ClFN3O4S/c1-11-18(20(27-31-11)19-14(23)5-4-6-15(19)24)21(28)26-22-25-16(10-32-22)13-9-12(29-2)7-8-17(13)30-3/h4-10H,1-3H3,(H,25,26,28). The summed E-state index contributed by atoms with van der Waals surface area (Å²) in [7, 11) is 3.13. The van der Waals surface area contributed by atoms with E-state index in [2.05, 4.69) is 15.5 Å². The predicted octanol–water partition coefficient (Wildman–Crippen LogP) is 5.84. The molecule has 0 saturated heterocycles. The number of nitrogens with zero attached hydrogens (tertiary/aromatic N) is 2. The van der Waals surface area contributed by atoms with Crippen LogP contribution in [-0.2, 0) is 0 Å². The molecule has 1 amide bonds. The van der Waals surface area contributed by atoms with E-state index in [9.17, 15) is 9.18 Å². The van der Waals surface area contributed by atoms with E-state index in [-0.39, 0.29) is 27.6 Å². The number of methoxy groups -OCH3 is 2. The van der Waals surface area contributed by atoms with Crippen LogP contribution in [0.2, 0.25) is 5.02 Å². The molecule has 2 aromatic carbocycles. The lowest BCUT2D eigenvalue weighted by molar-refractivity contribution is 0.102. The first-order valence-electron chi connectivity index (χ1n) is 9.32. The summed E-state index contributed by atoms with van der Waals surface area (Å²) < 4.78 is 30.3. The Hall–Kier alpha value is -3.43. The summed E-state index contributed by atoms with van der Waals surface area (Å²) in [5.41, 5.74) is 1.41. The summed E-state index contributed by atoms with van der Waals surface area (Å²) in [5, 5.41) is 8.81. The first-order valence-corrected chi connectivity index (χ1v) is 10.6. The van der Waals surface area contributed by atoms with E-state index < -0.39 is 11.7 Å². The molecular weight excluding hydrogens is 457 g/mol. The normalized spacial score (nSPS) is 10.8. The number of carbonyl (C=O) groups excluding carboxylic acids is 1. The number of amides is 1. The third-order valence-corrected chi connectivity index (χ3v) is 5.77. The molecule has 0 aliphatic carbocycles. The van der Waals surface area contributed by atoms with E-state index in [0.717, 1.165) is 0 Å². The zero-order valence-electron chi connectivity index (χ0n) is 17.2. The SMILES string of the molecule is COc1ccc(OC)c(-c2csc(NC(=O)c3c(-c4c(F)cccc4Cl)noc3C)n2)c1. The lowest BCUT2D eigenvalue weighted by Crippen LogP contribution is -2.13. The lowest BCUT2D eigenvalue weighted by Gasteiger charge is -2.08. The second-order valence-electron chi connectivity index (χ2n) is 6.62. The number of nitrogens with one attached hydrogen (secondary N) is 1. The van der Waals surface area contributed by atoms with Gasteiger partial charge in [-0.1, -0.05) is 22.8 Å². The molecule has 0 bridgehead atoms. The molecule has 10 heteroatoms. The number of thiazole rings is 1. The van der Waals surface area contributed by atoms with E-state index in [1.807, 2.05) is 0 Å². The van der Waals surface area contributed by atoms with Gasteiger partial charge < -0.3 is 14.0 Å². The molecule has 0 spiro atoms. The van der Waals surface area contributed by atoms with Crippen LogP contribution in [0.4, 0.5) is 9.52 Å². The van der Waals surface area contributed by atoms with Crippen LogP contribution in [0.25, 0.3) is 22.5 Å². The third-order valence-electron chi connectivity index (χ3n) is 4.70. The van der Waals surface area contributed by atoms with Crippen molar-refractivity contribution in [1.82, 2.24) is 10.1 Å². The molecule has 164 valence electrons. The Bertz CT molecular complexity index is 1280. The Kier molecular flexibility index (Phi) is 6.11. The van der Waals surface area contributed by atoms with Gasteiger partial charge >= 0.3 is 0 Å². The van der Waals surface area contributed by atoms with Gasteiger partial charge in [0.05, 0.1) is 30.5 Å². The molecule has 0 aliphatic rings. The van der Waals surface area contributed by atoms with Gasteiger partial charge in [-0.15, -0.1) is 11.3 Å². The smallest absolute Gasteiger partial charge is 0.263 e. The van der Waals surface area contributed by atoms with E-state index in [4.69, 9.17) is 25.6 Å². The number of aromatic nitrogens is 2. The van der Waals surface area contributed by atoms with Crippen molar-refractivity contribution in [3.63, 3.8) is 0 Å². The largest absolute Gasteiger partial charge is 0.497 e. The number of ether oxygens (including phenoxy) is 2. The molecule has 7 nitrogen and oxygen atoms in total. The number of hydrogen-bond acceptors (Lipinski definition) is 7. The molecule has 32 heavy (non-hydrogen) atoms. The average molecular weight is 474 g/mol. The highest BCUT2D eigenvalue weighted by Crippen LogP contribution is 2.36. The molecule has 0 fully saturated rings. The molecule has 4 rings (SSSR count). The summed E-state index contributed by atoms with van der Waals surface area (Å²) in [4.78, 5) is 17.5. The maximum absolute atomic E-state index is 14.4. The lowest BCUT2D eigenvalue weighted by atomic mass is 10.1. The summed E-state index contributed by atoms with van der Waals surface area (Å²) in [6.07, 6.45) is 0. The Morgan fingerprint density at radius 1 is 1.22 bits per heavy atom. The van der Waals surface area contributed by atoms with Gasteiger partial charge in [0.15, 0.2) is 5.13 Å². The summed E-state index contributed by atoms with van der Waals surface area (Å²) in [6.45, 7) is 1.56. The Morgan fingerprint density at radius 3 is 2.75 bits per heavy atom. The highest BCUT2D eigenvalue weighted by Gasteiger charge is 2.26. The third kappa shape index (κ3) is 4.04. The molecule has 2 heterocycles. The molecule has 1 N–H and O–H groups in total. The number of benzene rings is 2. The van der Waals surface area contributed by atoms with Crippen molar-refractivity contribution in [3.05, 3.63) is 63.9 Å². The van der Waals surface area contributed by atoms with Crippen LogP contribution in [0.15, 0.2) is 46.3 Å². The molecule has 2 aromatic heterocycles. The summed E-state index contributed by atoms with van der Waals surface area (Å²) in [6, 6.07) is 9.57. The number of carbonyl (C=O) groups is 1. The van der Waals surface area contributed by atoms with Gasteiger partial charge in [0.25, 0.3) is 5.91 Å².